The Bertz CT molecular complexity index is 644. The molecule has 0 saturated heterocycles. The van der Waals surface area contributed by atoms with Crippen LogP contribution in [0, 0.1) is 29.6 Å². The average molecular weight is 414 g/mol. The lowest BCUT2D eigenvalue weighted by Crippen LogP contribution is -2.43. The highest BCUT2D eigenvalue weighted by Crippen LogP contribution is 2.59. The number of hydrogen-bond acceptors (Lipinski definition) is 1. The van der Waals surface area contributed by atoms with Crippen molar-refractivity contribution in [2.45, 2.75) is 83.0 Å². The van der Waals surface area contributed by atoms with E-state index in [-0.39, 0.29) is 12.4 Å². The maximum atomic E-state index is 4.29. The van der Waals surface area contributed by atoms with Crippen molar-refractivity contribution >= 4 is 12.4 Å². The molecule has 0 atom stereocenters. The molecule has 0 radical (unpaired) electrons. The molecule has 4 bridgehead atoms. The van der Waals surface area contributed by atoms with Crippen molar-refractivity contribution in [2.75, 3.05) is 6.54 Å². The molecule has 1 nitrogen and oxygen atoms in total. The van der Waals surface area contributed by atoms with Gasteiger partial charge in [-0.1, -0.05) is 62.9 Å². The predicted octanol–water partition coefficient (Wildman–Crippen LogP) is 7.26. The van der Waals surface area contributed by atoms with Crippen LogP contribution in [0.2, 0.25) is 0 Å². The lowest BCUT2D eigenvalue weighted by molar-refractivity contribution is -0.00278. The maximum absolute atomic E-state index is 4.29. The Morgan fingerprint density at radius 2 is 1.48 bits per heavy atom. The average Bonchev–Trinajstić information content (AvgIpc) is 2.69. The fraction of sp³-hybridized carbons (Fsp3) is 0.704. The molecule has 1 aromatic rings. The van der Waals surface area contributed by atoms with Crippen LogP contribution in [0.5, 0.6) is 0 Å². The van der Waals surface area contributed by atoms with Gasteiger partial charge >= 0.3 is 0 Å². The van der Waals surface area contributed by atoms with Gasteiger partial charge in [-0.3, -0.25) is 0 Å². The minimum atomic E-state index is 0. The summed E-state index contributed by atoms with van der Waals surface area (Å²) < 4.78 is 0. The van der Waals surface area contributed by atoms with Crippen LogP contribution in [0.15, 0.2) is 36.5 Å². The third-order valence-electron chi connectivity index (χ3n) is 8.66. The molecule has 0 amide bonds. The van der Waals surface area contributed by atoms with E-state index < -0.39 is 0 Å². The quantitative estimate of drug-likeness (QED) is 0.495. The Kier molecular flexibility index (Phi) is 6.94. The van der Waals surface area contributed by atoms with Gasteiger partial charge in [0.25, 0.3) is 0 Å². The van der Waals surface area contributed by atoms with Crippen LogP contribution >= 0.6 is 12.4 Å². The van der Waals surface area contributed by atoms with Crippen LogP contribution in [0.1, 0.15) is 87.7 Å². The molecule has 0 aromatic heterocycles. The zero-order valence-corrected chi connectivity index (χ0v) is 18.9. The van der Waals surface area contributed by atoms with Gasteiger partial charge in [-0.2, -0.15) is 0 Å². The van der Waals surface area contributed by atoms with Crippen molar-refractivity contribution in [1.82, 2.24) is 5.32 Å². The Morgan fingerprint density at radius 1 is 0.862 bits per heavy atom. The summed E-state index contributed by atoms with van der Waals surface area (Å²) in [6.45, 7) is 5.40. The number of hydrogen-bond donors (Lipinski definition) is 1. The summed E-state index contributed by atoms with van der Waals surface area (Å²) in [4.78, 5) is 0. The van der Waals surface area contributed by atoms with Crippen molar-refractivity contribution in [3.8, 4) is 0 Å². The second kappa shape index (κ2) is 9.46. The lowest BCUT2D eigenvalue weighted by atomic mass is 9.51. The van der Waals surface area contributed by atoms with E-state index in [0.717, 1.165) is 48.5 Å². The Labute approximate surface area is 184 Å². The highest BCUT2D eigenvalue weighted by molar-refractivity contribution is 5.85. The van der Waals surface area contributed by atoms with Crippen LogP contribution < -0.4 is 5.32 Å². The molecule has 6 rings (SSSR count). The van der Waals surface area contributed by atoms with Gasteiger partial charge in [0, 0.05) is 18.7 Å². The molecule has 2 heteroatoms. The smallest absolute Gasteiger partial charge is 0.0146 e. The van der Waals surface area contributed by atoms with Crippen molar-refractivity contribution in [2.24, 2.45) is 29.6 Å². The molecule has 160 valence electrons. The first-order chi connectivity index (χ1) is 13.7. The van der Waals surface area contributed by atoms with Crippen molar-refractivity contribution in [3.63, 3.8) is 0 Å². The Hall–Kier alpha value is -0.950. The molecule has 0 heterocycles. The van der Waals surface area contributed by atoms with Crippen LogP contribution in [0.25, 0.3) is 0 Å². The molecule has 5 aliphatic rings. The maximum Gasteiger partial charge on any atom is 0.0146 e. The van der Waals surface area contributed by atoms with Gasteiger partial charge in [0.15, 0.2) is 0 Å². The first-order valence-corrected chi connectivity index (χ1v) is 12.2. The van der Waals surface area contributed by atoms with Crippen LogP contribution in [-0.2, 0) is 6.42 Å². The van der Waals surface area contributed by atoms with E-state index in [2.05, 4.69) is 36.2 Å². The third kappa shape index (κ3) is 4.87. The standard InChI is InChI=1S/C27H39N.ClH/c1-19(28-12-11-20-5-3-2-4-6-20)13-21-7-9-24(10-8-21)27-25-15-22-14-23(17-25)18-26(27)16-22;/h7-10,20,22-23,25-28H,1-6,11-18H2;1H. The van der Waals surface area contributed by atoms with E-state index in [9.17, 15) is 0 Å². The summed E-state index contributed by atoms with van der Waals surface area (Å²) in [6.07, 6.45) is 17.1. The summed E-state index contributed by atoms with van der Waals surface area (Å²) in [5, 5.41) is 3.60. The minimum Gasteiger partial charge on any atom is -0.389 e. The fourth-order valence-electron chi connectivity index (χ4n) is 7.56. The minimum absolute atomic E-state index is 0. The molecule has 1 aromatic carbocycles. The van der Waals surface area contributed by atoms with E-state index in [1.165, 1.54) is 75.5 Å². The van der Waals surface area contributed by atoms with Crippen molar-refractivity contribution in [3.05, 3.63) is 47.7 Å². The Morgan fingerprint density at radius 3 is 2.10 bits per heavy atom. The number of nitrogens with one attached hydrogen (secondary N) is 1. The van der Waals surface area contributed by atoms with Gasteiger partial charge in [0.05, 0.1) is 0 Å². The van der Waals surface area contributed by atoms with Gasteiger partial charge in [-0.15, -0.1) is 12.4 Å². The first kappa shape index (κ1) is 21.3. The Balaban J connectivity index is 0.00000205. The highest BCUT2D eigenvalue weighted by atomic mass is 35.5. The molecule has 1 N–H and O–H groups in total. The summed E-state index contributed by atoms with van der Waals surface area (Å²) in [7, 11) is 0. The molecule has 5 saturated carbocycles. The van der Waals surface area contributed by atoms with E-state index in [4.69, 9.17) is 0 Å². The molecule has 29 heavy (non-hydrogen) atoms. The summed E-state index contributed by atoms with van der Waals surface area (Å²) in [6, 6.07) is 9.68. The summed E-state index contributed by atoms with van der Waals surface area (Å²) in [5.41, 5.74) is 4.24. The molecular formula is C27H40ClN. The van der Waals surface area contributed by atoms with E-state index in [0.29, 0.717) is 0 Å². The number of halogens is 1. The topological polar surface area (TPSA) is 12.0 Å². The largest absolute Gasteiger partial charge is 0.389 e. The molecule has 0 unspecified atom stereocenters. The van der Waals surface area contributed by atoms with Crippen LogP contribution in [-0.4, -0.2) is 6.54 Å². The molecule has 0 aliphatic heterocycles. The van der Waals surface area contributed by atoms with Gasteiger partial charge in [-0.25, -0.2) is 0 Å². The van der Waals surface area contributed by atoms with Gasteiger partial charge in [0.1, 0.15) is 0 Å². The second-order valence-corrected chi connectivity index (χ2v) is 10.7. The summed E-state index contributed by atoms with van der Waals surface area (Å²) >= 11 is 0. The predicted molar refractivity (Wildman–Crippen MR) is 126 cm³/mol. The normalized spacial score (nSPS) is 33.3. The third-order valence-corrected chi connectivity index (χ3v) is 8.66. The van der Waals surface area contributed by atoms with E-state index >= 15 is 0 Å². The molecular weight excluding hydrogens is 374 g/mol. The highest BCUT2D eigenvalue weighted by Gasteiger charge is 2.48. The monoisotopic (exact) mass is 413 g/mol. The lowest BCUT2D eigenvalue weighted by Gasteiger charge is -2.54. The van der Waals surface area contributed by atoms with Crippen LogP contribution in [0.4, 0.5) is 0 Å². The number of benzene rings is 1. The van der Waals surface area contributed by atoms with Gasteiger partial charge in [0.2, 0.25) is 0 Å². The van der Waals surface area contributed by atoms with Crippen LogP contribution in [0.3, 0.4) is 0 Å². The van der Waals surface area contributed by atoms with Gasteiger partial charge < -0.3 is 5.32 Å². The SMILES string of the molecule is C=C(Cc1ccc(C2C3CC4CC(C3)CC2C4)cc1)NCCC1CCCCC1.Cl. The molecule has 0 spiro atoms. The van der Waals surface area contributed by atoms with Gasteiger partial charge in [-0.05, 0) is 85.2 Å². The number of rotatable bonds is 7. The van der Waals surface area contributed by atoms with E-state index in [1.807, 2.05) is 0 Å². The zero-order chi connectivity index (χ0) is 18.9. The number of allylic oxidation sites excluding steroid dienone is 1. The first-order valence-electron chi connectivity index (χ1n) is 12.2. The zero-order valence-electron chi connectivity index (χ0n) is 18.1. The van der Waals surface area contributed by atoms with Crippen molar-refractivity contribution < 1.29 is 0 Å². The molecule has 5 aliphatic carbocycles. The fourth-order valence-corrected chi connectivity index (χ4v) is 7.56. The van der Waals surface area contributed by atoms with E-state index in [1.54, 1.807) is 12.0 Å². The molecule has 5 fully saturated rings. The van der Waals surface area contributed by atoms with Crippen molar-refractivity contribution in [1.29, 1.82) is 0 Å². The second-order valence-electron chi connectivity index (χ2n) is 10.7. The summed E-state index contributed by atoms with van der Waals surface area (Å²) in [5.74, 6) is 5.92.